The molecule has 1 aliphatic rings. The molecule has 1 N–H and O–H groups in total. The molecule has 9 nitrogen and oxygen atoms in total. The van der Waals surface area contributed by atoms with Gasteiger partial charge in [-0.15, -0.1) is 0 Å². The summed E-state index contributed by atoms with van der Waals surface area (Å²) in [6.45, 7) is 3.10. The van der Waals surface area contributed by atoms with Crippen LogP contribution in [0.15, 0.2) is 68.8 Å². The van der Waals surface area contributed by atoms with E-state index in [2.05, 4.69) is 10.3 Å². The van der Waals surface area contributed by atoms with Crippen molar-refractivity contribution in [3.8, 4) is 11.3 Å². The number of carbonyl (C=O) groups is 1. The molecule has 1 saturated heterocycles. The number of sulfone groups is 1. The third-order valence-electron chi connectivity index (χ3n) is 6.40. The van der Waals surface area contributed by atoms with Gasteiger partial charge in [0.25, 0.3) is 5.91 Å². The predicted molar refractivity (Wildman–Crippen MR) is 139 cm³/mol. The molecule has 11 heteroatoms. The smallest absolute Gasteiger partial charge is 0.273 e. The zero-order valence-corrected chi connectivity index (χ0v) is 22.5. The molecule has 0 saturated carbocycles. The molecule has 3 aromatic rings. The van der Waals surface area contributed by atoms with Crippen LogP contribution in [0, 0.1) is 0 Å². The maximum atomic E-state index is 13.1. The molecular weight excluding hydrogens is 514 g/mol. The van der Waals surface area contributed by atoms with Crippen molar-refractivity contribution in [3.05, 3.63) is 66.2 Å². The number of nitrogens with one attached hydrogen (secondary N) is 1. The van der Waals surface area contributed by atoms with Crippen LogP contribution in [0.4, 0.5) is 0 Å². The van der Waals surface area contributed by atoms with Gasteiger partial charge in [-0.25, -0.2) is 21.8 Å². The first-order chi connectivity index (χ1) is 17.6. The fraction of sp³-hybridized carbons (Fsp3) is 0.385. The lowest BCUT2D eigenvalue weighted by Gasteiger charge is -2.29. The molecule has 198 valence electrons. The number of sulfonamides is 1. The third-order valence-corrected chi connectivity index (χ3v) is 9.44. The molecular formula is C26H31N3O6S2. The average Bonchev–Trinajstić information content (AvgIpc) is 3.35. The summed E-state index contributed by atoms with van der Waals surface area (Å²) < 4.78 is 57.2. The van der Waals surface area contributed by atoms with Crippen molar-refractivity contribution in [2.45, 2.75) is 48.3 Å². The zero-order valence-electron chi connectivity index (χ0n) is 20.9. The molecule has 0 radical (unpaired) electrons. The molecule has 1 fully saturated rings. The highest BCUT2D eigenvalue weighted by Gasteiger charge is 2.33. The van der Waals surface area contributed by atoms with Crippen molar-refractivity contribution in [3.63, 3.8) is 0 Å². The molecule has 2 aromatic carbocycles. The van der Waals surface area contributed by atoms with E-state index in [0.29, 0.717) is 31.0 Å². The first-order valence-electron chi connectivity index (χ1n) is 12.3. The van der Waals surface area contributed by atoms with Gasteiger partial charge >= 0.3 is 0 Å². The van der Waals surface area contributed by atoms with Crippen LogP contribution in [0.1, 0.15) is 54.9 Å². The first kappa shape index (κ1) is 27.0. The summed E-state index contributed by atoms with van der Waals surface area (Å²) in [5.74, 6) is 0.401. The van der Waals surface area contributed by atoms with Gasteiger partial charge in [0.2, 0.25) is 10.0 Å². The molecule has 1 aliphatic heterocycles. The highest BCUT2D eigenvalue weighted by atomic mass is 32.2. The number of unbranched alkanes of at least 4 members (excludes halogenated alkanes) is 1. The van der Waals surface area contributed by atoms with E-state index in [0.717, 1.165) is 24.7 Å². The molecule has 0 bridgehead atoms. The Balaban J connectivity index is 1.51. The highest BCUT2D eigenvalue weighted by Crippen LogP contribution is 2.34. The van der Waals surface area contributed by atoms with Crippen molar-refractivity contribution < 1.29 is 26.0 Å². The van der Waals surface area contributed by atoms with E-state index >= 15 is 0 Å². The largest absolute Gasteiger partial charge is 0.440 e. The Morgan fingerprint density at radius 3 is 2.22 bits per heavy atom. The maximum Gasteiger partial charge on any atom is 0.273 e. The summed E-state index contributed by atoms with van der Waals surface area (Å²) in [4.78, 5) is 17.6. The van der Waals surface area contributed by atoms with E-state index in [1.54, 1.807) is 0 Å². The molecule has 0 unspecified atom stereocenters. The van der Waals surface area contributed by atoms with Crippen LogP contribution in [0.2, 0.25) is 0 Å². The van der Waals surface area contributed by atoms with Crippen LogP contribution in [0.3, 0.4) is 0 Å². The number of amides is 1. The number of hydrogen-bond donors (Lipinski definition) is 1. The monoisotopic (exact) mass is 545 g/mol. The van der Waals surface area contributed by atoms with Crippen molar-refractivity contribution in [2.24, 2.45) is 0 Å². The molecule has 1 aromatic heterocycles. The summed E-state index contributed by atoms with van der Waals surface area (Å²) >= 11 is 0. The molecule has 1 amide bonds. The number of piperidine rings is 1. The molecule has 2 heterocycles. The van der Waals surface area contributed by atoms with E-state index < -0.39 is 19.9 Å². The topological polar surface area (TPSA) is 127 Å². The SMILES string of the molecule is CCCCNC(=O)c1nc(C2CCN(S(=O)(=O)c3ccc(S(C)(=O)=O)cc3)CC2)oc1-c1ccccc1. The van der Waals surface area contributed by atoms with Gasteiger partial charge < -0.3 is 9.73 Å². The molecule has 0 aliphatic carbocycles. The predicted octanol–water partition coefficient (Wildman–Crippen LogP) is 3.84. The number of nitrogens with zero attached hydrogens (tertiary/aromatic N) is 2. The van der Waals surface area contributed by atoms with Crippen LogP contribution in [0.5, 0.6) is 0 Å². The van der Waals surface area contributed by atoms with Gasteiger partial charge in [-0.2, -0.15) is 4.31 Å². The second kappa shape index (κ2) is 11.2. The molecule has 0 atom stereocenters. The minimum absolute atomic E-state index is 0.0480. The van der Waals surface area contributed by atoms with Crippen LogP contribution < -0.4 is 5.32 Å². The Labute approximate surface area is 217 Å². The number of aromatic nitrogens is 1. The van der Waals surface area contributed by atoms with Gasteiger partial charge in [0, 0.05) is 37.4 Å². The fourth-order valence-corrected chi connectivity index (χ4v) is 6.36. The van der Waals surface area contributed by atoms with Crippen molar-refractivity contribution in [1.29, 1.82) is 0 Å². The van der Waals surface area contributed by atoms with Crippen LogP contribution in [-0.4, -0.2) is 57.9 Å². The van der Waals surface area contributed by atoms with Gasteiger partial charge in [0.1, 0.15) is 0 Å². The second-order valence-electron chi connectivity index (χ2n) is 9.13. The first-order valence-corrected chi connectivity index (χ1v) is 15.6. The summed E-state index contributed by atoms with van der Waals surface area (Å²) in [5.41, 5.74) is 0.984. The van der Waals surface area contributed by atoms with Crippen molar-refractivity contribution in [1.82, 2.24) is 14.6 Å². The summed E-state index contributed by atoms with van der Waals surface area (Å²) in [7, 11) is -7.20. The van der Waals surface area contributed by atoms with E-state index in [1.807, 2.05) is 37.3 Å². The lowest BCUT2D eigenvalue weighted by Crippen LogP contribution is -2.38. The molecule has 0 spiro atoms. The number of hydrogen-bond acceptors (Lipinski definition) is 7. The van der Waals surface area contributed by atoms with Gasteiger partial charge in [0.05, 0.1) is 9.79 Å². The lowest BCUT2D eigenvalue weighted by atomic mass is 9.98. The fourth-order valence-electron chi connectivity index (χ4n) is 4.26. The quantitative estimate of drug-likeness (QED) is 0.405. The van der Waals surface area contributed by atoms with Crippen molar-refractivity contribution >= 4 is 25.8 Å². The number of carbonyl (C=O) groups excluding carboxylic acids is 1. The Morgan fingerprint density at radius 2 is 1.62 bits per heavy atom. The second-order valence-corrected chi connectivity index (χ2v) is 13.1. The minimum atomic E-state index is -3.78. The van der Waals surface area contributed by atoms with E-state index in [-0.39, 0.29) is 40.4 Å². The van der Waals surface area contributed by atoms with Crippen LogP contribution in [0.25, 0.3) is 11.3 Å². The van der Waals surface area contributed by atoms with Crippen molar-refractivity contribution in [2.75, 3.05) is 25.9 Å². The van der Waals surface area contributed by atoms with E-state index in [4.69, 9.17) is 4.42 Å². The number of rotatable bonds is 9. The lowest BCUT2D eigenvalue weighted by molar-refractivity contribution is 0.0949. The van der Waals surface area contributed by atoms with Gasteiger partial charge in [-0.1, -0.05) is 43.7 Å². The van der Waals surface area contributed by atoms with Gasteiger partial charge in [-0.3, -0.25) is 4.79 Å². The number of benzene rings is 2. The van der Waals surface area contributed by atoms with Crippen LogP contribution >= 0.6 is 0 Å². The Morgan fingerprint density at radius 1 is 1.00 bits per heavy atom. The van der Waals surface area contributed by atoms with Crippen LogP contribution in [-0.2, 0) is 19.9 Å². The molecule has 4 rings (SSSR count). The molecule has 37 heavy (non-hydrogen) atoms. The van der Waals surface area contributed by atoms with E-state index in [9.17, 15) is 21.6 Å². The normalized spacial score (nSPS) is 15.5. The standard InChI is InChI=1S/C26H31N3O6S2/c1-3-4-16-27-25(30)23-24(19-8-6-5-7-9-19)35-26(28-23)20-14-17-29(18-15-20)37(33,34)22-12-10-21(11-13-22)36(2,31)32/h5-13,20H,3-4,14-18H2,1-2H3,(H,27,30). The van der Waals surface area contributed by atoms with Gasteiger partial charge in [0.15, 0.2) is 27.2 Å². The summed E-state index contributed by atoms with van der Waals surface area (Å²) in [6.07, 6.45) is 3.85. The summed E-state index contributed by atoms with van der Waals surface area (Å²) in [5, 5.41) is 2.90. The average molecular weight is 546 g/mol. The summed E-state index contributed by atoms with van der Waals surface area (Å²) in [6, 6.07) is 14.6. The third kappa shape index (κ3) is 6.11. The Bertz CT molecular complexity index is 1440. The number of oxazole rings is 1. The van der Waals surface area contributed by atoms with Gasteiger partial charge in [-0.05, 0) is 43.5 Å². The zero-order chi connectivity index (χ0) is 26.6. The minimum Gasteiger partial charge on any atom is -0.440 e. The Kier molecular flexibility index (Phi) is 8.15. The van der Waals surface area contributed by atoms with E-state index in [1.165, 1.54) is 28.6 Å². The highest BCUT2D eigenvalue weighted by molar-refractivity contribution is 7.90. The Hall–Kier alpha value is -3.02. The maximum absolute atomic E-state index is 13.1.